The number of amides is 1. The summed E-state index contributed by atoms with van der Waals surface area (Å²) < 4.78 is 12.9. The third-order valence-corrected chi connectivity index (χ3v) is 3.91. The van der Waals surface area contributed by atoms with Crippen LogP contribution in [0.15, 0.2) is 42.5 Å². The summed E-state index contributed by atoms with van der Waals surface area (Å²) in [7, 11) is 1.75. The van der Waals surface area contributed by atoms with Crippen LogP contribution in [0.2, 0.25) is 0 Å². The van der Waals surface area contributed by atoms with Gasteiger partial charge in [0.05, 0.1) is 12.5 Å². The van der Waals surface area contributed by atoms with Crippen molar-refractivity contribution in [3.8, 4) is 0 Å². The van der Waals surface area contributed by atoms with Gasteiger partial charge in [-0.3, -0.25) is 4.79 Å². The van der Waals surface area contributed by atoms with Crippen LogP contribution >= 0.6 is 0 Å². The monoisotopic (exact) mass is 285 g/mol. The summed E-state index contributed by atoms with van der Waals surface area (Å²) in [4.78, 5) is 13.3. The fourth-order valence-electron chi connectivity index (χ4n) is 2.66. The molecule has 0 spiro atoms. The predicted octanol–water partition coefficient (Wildman–Crippen LogP) is 2.62. The lowest BCUT2D eigenvalue weighted by molar-refractivity contribution is -0.117. The summed E-state index contributed by atoms with van der Waals surface area (Å²) >= 11 is 0. The van der Waals surface area contributed by atoms with Crippen molar-refractivity contribution in [1.82, 2.24) is 0 Å². The second-order valence-corrected chi connectivity index (χ2v) is 5.36. The number of carbonyl (C=O) groups is 1. The molecule has 3 rings (SSSR count). The van der Waals surface area contributed by atoms with Gasteiger partial charge < -0.3 is 10.0 Å². The van der Waals surface area contributed by atoms with Crippen LogP contribution < -0.4 is 4.90 Å². The Bertz CT molecular complexity index is 682. The second-order valence-electron chi connectivity index (χ2n) is 5.36. The van der Waals surface area contributed by atoms with Gasteiger partial charge in [-0.25, -0.2) is 4.39 Å². The summed E-state index contributed by atoms with van der Waals surface area (Å²) in [6.07, 6.45) is 0.132. The third-order valence-electron chi connectivity index (χ3n) is 3.91. The minimum absolute atomic E-state index is 0.0650. The number of halogens is 1. The molecule has 4 heteroatoms. The normalized spacial score (nSPS) is 15.2. The molecule has 0 aliphatic carbocycles. The quantitative estimate of drug-likeness (QED) is 0.941. The Morgan fingerprint density at radius 1 is 1.24 bits per heavy atom. The molecule has 21 heavy (non-hydrogen) atoms. The van der Waals surface area contributed by atoms with Gasteiger partial charge in [-0.1, -0.05) is 24.3 Å². The Kier molecular flexibility index (Phi) is 3.47. The molecule has 3 nitrogen and oxygen atoms in total. The van der Waals surface area contributed by atoms with E-state index in [2.05, 4.69) is 0 Å². The van der Waals surface area contributed by atoms with Crippen molar-refractivity contribution >= 4 is 11.6 Å². The van der Waals surface area contributed by atoms with E-state index >= 15 is 0 Å². The van der Waals surface area contributed by atoms with E-state index in [9.17, 15) is 14.3 Å². The average Bonchev–Trinajstić information content (AvgIpc) is 2.76. The number of benzene rings is 2. The number of nitrogens with zero attached hydrogens (tertiary/aromatic N) is 1. The molecular formula is C17H16FNO2. The molecule has 1 aliphatic rings. The van der Waals surface area contributed by atoms with E-state index in [4.69, 9.17) is 0 Å². The number of rotatable bonds is 3. The van der Waals surface area contributed by atoms with Crippen LogP contribution in [0.4, 0.5) is 10.1 Å². The summed E-state index contributed by atoms with van der Waals surface area (Å²) in [6.45, 7) is 0. The highest BCUT2D eigenvalue weighted by molar-refractivity contribution is 6.00. The standard InChI is InChI=1S/C17H16FNO2/c1-19-15-7-4-12(9-13(15)10-17(19)21)16(20)8-11-2-5-14(18)6-3-11/h2-7,9,16,20H,8,10H2,1H3. The van der Waals surface area contributed by atoms with Crippen molar-refractivity contribution in [2.24, 2.45) is 0 Å². The summed E-state index contributed by atoms with van der Waals surface area (Å²) in [5, 5.41) is 10.3. The van der Waals surface area contributed by atoms with Gasteiger partial charge in [-0.05, 0) is 34.9 Å². The maximum absolute atomic E-state index is 12.9. The van der Waals surface area contributed by atoms with Crippen molar-refractivity contribution in [1.29, 1.82) is 0 Å². The number of fused-ring (bicyclic) bond motifs is 1. The first-order chi connectivity index (χ1) is 10.0. The van der Waals surface area contributed by atoms with Gasteiger partial charge in [0.2, 0.25) is 5.91 Å². The fourth-order valence-corrected chi connectivity index (χ4v) is 2.66. The molecule has 0 radical (unpaired) electrons. The van der Waals surface area contributed by atoms with E-state index in [0.29, 0.717) is 12.8 Å². The maximum atomic E-state index is 12.9. The van der Waals surface area contributed by atoms with Crippen LogP contribution in [-0.2, 0) is 17.6 Å². The van der Waals surface area contributed by atoms with Crippen molar-refractivity contribution in [3.63, 3.8) is 0 Å². The molecule has 0 saturated carbocycles. The molecule has 2 aromatic carbocycles. The van der Waals surface area contributed by atoms with Gasteiger partial charge in [-0.2, -0.15) is 0 Å². The lowest BCUT2D eigenvalue weighted by atomic mass is 9.99. The molecule has 0 saturated heterocycles. The molecule has 1 aliphatic heterocycles. The average molecular weight is 285 g/mol. The second kappa shape index (κ2) is 5.30. The Morgan fingerprint density at radius 2 is 1.95 bits per heavy atom. The Labute approximate surface area is 122 Å². The molecule has 0 bridgehead atoms. The third kappa shape index (κ3) is 2.67. The fraction of sp³-hybridized carbons (Fsp3) is 0.235. The van der Waals surface area contributed by atoms with Crippen molar-refractivity contribution < 1.29 is 14.3 Å². The number of aliphatic hydroxyl groups is 1. The van der Waals surface area contributed by atoms with Gasteiger partial charge >= 0.3 is 0 Å². The lowest BCUT2D eigenvalue weighted by Crippen LogP contribution is -2.20. The first kappa shape index (κ1) is 13.8. The van der Waals surface area contributed by atoms with Crippen molar-refractivity contribution in [3.05, 3.63) is 65.0 Å². The minimum atomic E-state index is -0.665. The van der Waals surface area contributed by atoms with E-state index in [1.807, 2.05) is 18.2 Å². The lowest BCUT2D eigenvalue weighted by Gasteiger charge is -2.14. The number of carbonyl (C=O) groups excluding carboxylic acids is 1. The zero-order chi connectivity index (χ0) is 15.0. The molecule has 1 unspecified atom stereocenters. The Balaban J connectivity index is 1.80. The first-order valence-electron chi connectivity index (χ1n) is 6.86. The molecular weight excluding hydrogens is 269 g/mol. The SMILES string of the molecule is CN1C(=O)Cc2cc(C(O)Cc3ccc(F)cc3)ccc21. The van der Waals surface area contributed by atoms with E-state index in [-0.39, 0.29) is 11.7 Å². The Hall–Kier alpha value is -2.20. The van der Waals surface area contributed by atoms with Gasteiger partial charge in [0.15, 0.2) is 0 Å². The number of hydrogen-bond donors (Lipinski definition) is 1. The number of hydrogen-bond acceptors (Lipinski definition) is 2. The van der Waals surface area contributed by atoms with Crippen molar-refractivity contribution in [2.45, 2.75) is 18.9 Å². The van der Waals surface area contributed by atoms with Crippen LogP contribution in [0.1, 0.15) is 22.8 Å². The topological polar surface area (TPSA) is 40.5 Å². The van der Waals surface area contributed by atoms with E-state index in [1.54, 1.807) is 24.1 Å². The van der Waals surface area contributed by atoms with Gasteiger partial charge in [0.1, 0.15) is 5.82 Å². The predicted molar refractivity (Wildman–Crippen MR) is 78.6 cm³/mol. The Morgan fingerprint density at radius 3 is 2.67 bits per heavy atom. The molecule has 0 aromatic heterocycles. The van der Waals surface area contributed by atoms with E-state index < -0.39 is 6.10 Å². The largest absolute Gasteiger partial charge is 0.388 e. The maximum Gasteiger partial charge on any atom is 0.231 e. The molecule has 1 heterocycles. The number of likely N-dealkylation sites (N-methyl/N-ethyl adjacent to an activating group) is 1. The summed E-state index contributed by atoms with van der Waals surface area (Å²) in [6, 6.07) is 11.7. The van der Waals surface area contributed by atoms with Crippen LogP contribution in [0.3, 0.4) is 0 Å². The first-order valence-corrected chi connectivity index (χ1v) is 6.86. The molecule has 2 aromatic rings. The molecule has 108 valence electrons. The van der Waals surface area contributed by atoms with Crippen LogP contribution in [-0.4, -0.2) is 18.1 Å². The van der Waals surface area contributed by atoms with Crippen molar-refractivity contribution in [2.75, 3.05) is 11.9 Å². The van der Waals surface area contributed by atoms with Crippen LogP contribution in [0, 0.1) is 5.82 Å². The molecule has 1 atom stereocenters. The molecule has 1 N–H and O–H groups in total. The minimum Gasteiger partial charge on any atom is -0.388 e. The number of anilines is 1. The molecule has 0 fully saturated rings. The summed E-state index contributed by atoms with van der Waals surface area (Å²) in [5.74, 6) is -0.220. The molecule has 1 amide bonds. The van der Waals surface area contributed by atoms with Gasteiger partial charge in [-0.15, -0.1) is 0 Å². The number of aliphatic hydroxyl groups excluding tert-OH is 1. The zero-order valence-electron chi connectivity index (χ0n) is 11.7. The van der Waals surface area contributed by atoms with Gasteiger partial charge in [0.25, 0.3) is 0 Å². The van der Waals surface area contributed by atoms with Crippen LogP contribution in [0.25, 0.3) is 0 Å². The highest BCUT2D eigenvalue weighted by Gasteiger charge is 2.24. The smallest absolute Gasteiger partial charge is 0.231 e. The highest BCUT2D eigenvalue weighted by atomic mass is 19.1. The highest BCUT2D eigenvalue weighted by Crippen LogP contribution is 2.31. The zero-order valence-corrected chi connectivity index (χ0v) is 11.7. The van der Waals surface area contributed by atoms with E-state index in [0.717, 1.165) is 22.4 Å². The van der Waals surface area contributed by atoms with E-state index in [1.165, 1.54) is 12.1 Å². The van der Waals surface area contributed by atoms with Gasteiger partial charge in [0, 0.05) is 19.2 Å². The summed E-state index contributed by atoms with van der Waals surface area (Å²) in [5.41, 5.74) is 3.50. The van der Waals surface area contributed by atoms with Crippen LogP contribution in [0.5, 0.6) is 0 Å².